The van der Waals surface area contributed by atoms with Crippen LogP contribution < -0.4 is 10.1 Å². The number of nitrogens with one attached hydrogen (secondary N) is 1. The molecule has 2 aliphatic carbocycles. The largest absolute Gasteiger partial charge is 0.497 e. The van der Waals surface area contributed by atoms with Crippen LogP contribution in [0.3, 0.4) is 0 Å². The summed E-state index contributed by atoms with van der Waals surface area (Å²) >= 11 is 0. The van der Waals surface area contributed by atoms with Gasteiger partial charge in [-0.05, 0) is 54.4 Å². The first kappa shape index (κ1) is 19.0. The number of aryl methyl sites for hydroxylation is 1. The van der Waals surface area contributed by atoms with Gasteiger partial charge in [-0.3, -0.25) is 9.48 Å². The minimum atomic E-state index is -0.00515. The third kappa shape index (κ3) is 3.31. The van der Waals surface area contributed by atoms with Crippen molar-refractivity contribution >= 4 is 5.91 Å². The van der Waals surface area contributed by atoms with E-state index in [1.807, 2.05) is 25.2 Å². The Morgan fingerprint density at radius 2 is 1.86 bits per heavy atom. The Kier molecular flexibility index (Phi) is 5.17. The SMILES string of the molecule is COc1ccc([C@H]2[C@H]3CCCC[C@@H]3[C@@H]2NC(=O)c2cc(C(C)C)nn2C)cc1. The Morgan fingerprint density at radius 1 is 1.18 bits per heavy atom. The van der Waals surface area contributed by atoms with E-state index in [9.17, 15) is 4.79 Å². The van der Waals surface area contributed by atoms with Crippen LogP contribution >= 0.6 is 0 Å². The van der Waals surface area contributed by atoms with Crippen molar-refractivity contribution < 1.29 is 9.53 Å². The van der Waals surface area contributed by atoms with Crippen LogP contribution in [0.15, 0.2) is 30.3 Å². The second-order valence-corrected chi connectivity index (χ2v) is 8.64. The summed E-state index contributed by atoms with van der Waals surface area (Å²) in [6, 6.07) is 10.5. The molecule has 0 bridgehead atoms. The summed E-state index contributed by atoms with van der Waals surface area (Å²) < 4.78 is 7.02. The molecule has 1 aromatic carbocycles. The predicted molar refractivity (Wildman–Crippen MR) is 110 cm³/mol. The molecule has 2 aliphatic rings. The van der Waals surface area contributed by atoms with E-state index in [2.05, 4.69) is 36.4 Å². The number of fused-ring (bicyclic) bond motifs is 1. The minimum Gasteiger partial charge on any atom is -0.497 e. The number of hydrogen-bond donors (Lipinski definition) is 1. The molecule has 1 N–H and O–H groups in total. The first-order chi connectivity index (χ1) is 13.5. The molecule has 5 heteroatoms. The number of rotatable bonds is 5. The van der Waals surface area contributed by atoms with Crippen LogP contribution in [0.5, 0.6) is 5.75 Å². The van der Waals surface area contributed by atoms with Crippen molar-refractivity contribution in [3.8, 4) is 5.75 Å². The van der Waals surface area contributed by atoms with Gasteiger partial charge in [0, 0.05) is 19.0 Å². The number of carbonyl (C=O) groups is 1. The van der Waals surface area contributed by atoms with Gasteiger partial charge in [-0.15, -0.1) is 0 Å². The Balaban J connectivity index is 1.56. The van der Waals surface area contributed by atoms with Crippen LogP contribution in [0, 0.1) is 11.8 Å². The Bertz CT molecular complexity index is 840. The van der Waals surface area contributed by atoms with E-state index in [-0.39, 0.29) is 11.9 Å². The monoisotopic (exact) mass is 381 g/mol. The van der Waals surface area contributed by atoms with Crippen molar-refractivity contribution in [1.29, 1.82) is 0 Å². The second-order valence-electron chi connectivity index (χ2n) is 8.64. The van der Waals surface area contributed by atoms with E-state index in [1.54, 1.807) is 11.8 Å². The lowest BCUT2D eigenvalue weighted by Crippen LogP contribution is -2.59. The number of ether oxygens (including phenoxy) is 1. The van der Waals surface area contributed by atoms with Crippen molar-refractivity contribution in [2.45, 2.75) is 57.4 Å². The number of amides is 1. The topological polar surface area (TPSA) is 56.1 Å². The molecule has 0 spiro atoms. The summed E-state index contributed by atoms with van der Waals surface area (Å²) in [5.74, 6) is 2.83. The number of methoxy groups -OCH3 is 1. The van der Waals surface area contributed by atoms with Crippen molar-refractivity contribution in [2.24, 2.45) is 18.9 Å². The summed E-state index contributed by atoms with van der Waals surface area (Å²) in [5.41, 5.74) is 2.92. The van der Waals surface area contributed by atoms with Crippen molar-refractivity contribution in [2.75, 3.05) is 7.11 Å². The third-order valence-electron chi connectivity index (χ3n) is 6.71. The van der Waals surface area contributed by atoms with Crippen LogP contribution in [0.25, 0.3) is 0 Å². The highest BCUT2D eigenvalue weighted by Gasteiger charge is 2.51. The second kappa shape index (κ2) is 7.61. The van der Waals surface area contributed by atoms with Gasteiger partial charge < -0.3 is 10.1 Å². The summed E-state index contributed by atoms with van der Waals surface area (Å²) in [6.07, 6.45) is 5.04. The standard InChI is InChI=1S/C23H31N3O2/c1-14(2)19-13-20(26(3)25-19)23(27)24-22-18-8-6-5-7-17(18)21(22)15-9-11-16(28-4)12-10-15/h9-14,17-18,21-22H,5-8H2,1-4H3,(H,24,27)/t17-,18-,21-,22-/m0/s1. The average molecular weight is 382 g/mol. The number of aromatic nitrogens is 2. The maximum Gasteiger partial charge on any atom is 0.269 e. The Morgan fingerprint density at radius 3 is 2.46 bits per heavy atom. The van der Waals surface area contributed by atoms with Gasteiger partial charge in [-0.25, -0.2) is 0 Å². The third-order valence-corrected chi connectivity index (χ3v) is 6.71. The summed E-state index contributed by atoms with van der Waals surface area (Å²) in [4.78, 5) is 13.1. The smallest absolute Gasteiger partial charge is 0.269 e. The molecule has 1 amide bonds. The highest BCUT2D eigenvalue weighted by molar-refractivity contribution is 5.93. The van der Waals surface area contributed by atoms with Gasteiger partial charge in [0.05, 0.1) is 12.8 Å². The van der Waals surface area contributed by atoms with Crippen LogP contribution in [0.4, 0.5) is 0 Å². The van der Waals surface area contributed by atoms with Gasteiger partial charge in [0.25, 0.3) is 5.91 Å². The van der Waals surface area contributed by atoms with E-state index in [0.717, 1.165) is 11.4 Å². The molecule has 0 radical (unpaired) electrons. The molecule has 2 aromatic rings. The van der Waals surface area contributed by atoms with Crippen LogP contribution in [0.1, 0.15) is 73.1 Å². The maximum absolute atomic E-state index is 13.1. The quantitative estimate of drug-likeness (QED) is 0.842. The summed E-state index contributed by atoms with van der Waals surface area (Å²) in [6.45, 7) is 4.20. The number of benzene rings is 1. The van der Waals surface area contributed by atoms with Crippen LogP contribution in [-0.4, -0.2) is 28.8 Å². The van der Waals surface area contributed by atoms with Crippen LogP contribution in [0.2, 0.25) is 0 Å². The molecule has 4 rings (SSSR count). The number of hydrogen-bond acceptors (Lipinski definition) is 3. The van der Waals surface area contributed by atoms with Gasteiger partial charge in [-0.1, -0.05) is 38.8 Å². The van der Waals surface area contributed by atoms with Gasteiger partial charge in [-0.2, -0.15) is 5.10 Å². The molecule has 28 heavy (non-hydrogen) atoms. The Labute approximate surface area is 167 Å². The van der Waals surface area contributed by atoms with E-state index in [0.29, 0.717) is 29.4 Å². The van der Waals surface area contributed by atoms with Crippen LogP contribution in [-0.2, 0) is 7.05 Å². The lowest BCUT2D eigenvalue weighted by atomic mass is 9.53. The molecular weight excluding hydrogens is 350 g/mol. The fourth-order valence-electron chi connectivity index (χ4n) is 5.15. The van der Waals surface area contributed by atoms with Gasteiger partial charge in [0.1, 0.15) is 11.4 Å². The lowest BCUT2D eigenvalue weighted by molar-refractivity contribution is 0.0249. The first-order valence-corrected chi connectivity index (χ1v) is 10.5. The fraction of sp³-hybridized carbons (Fsp3) is 0.565. The average Bonchev–Trinajstić information content (AvgIpc) is 3.09. The van der Waals surface area contributed by atoms with E-state index < -0.39 is 0 Å². The molecule has 4 atom stereocenters. The van der Waals surface area contributed by atoms with Crippen molar-refractivity contribution in [3.05, 3.63) is 47.3 Å². The fourth-order valence-corrected chi connectivity index (χ4v) is 5.15. The normalized spacial score (nSPS) is 26.5. The van der Waals surface area contributed by atoms with E-state index in [4.69, 9.17) is 4.74 Å². The zero-order chi connectivity index (χ0) is 19.8. The molecule has 0 unspecified atom stereocenters. The lowest BCUT2D eigenvalue weighted by Gasteiger charge is -2.55. The van der Waals surface area contributed by atoms with Gasteiger partial charge in [0.15, 0.2) is 0 Å². The van der Waals surface area contributed by atoms with E-state index in [1.165, 1.54) is 31.2 Å². The molecule has 2 fully saturated rings. The predicted octanol–water partition coefficient (Wildman–Crippen LogP) is 4.25. The maximum atomic E-state index is 13.1. The summed E-state index contributed by atoms with van der Waals surface area (Å²) in [7, 11) is 3.55. The van der Waals surface area contributed by atoms with Gasteiger partial charge >= 0.3 is 0 Å². The molecule has 2 saturated carbocycles. The number of carbonyl (C=O) groups excluding carboxylic acids is 1. The Hall–Kier alpha value is -2.30. The van der Waals surface area contributed by atoms with Gasteiger partial charge in [0.2, 0.25) is 0 Å². The van der Waals surface area contributed by atoms with E-state index >= 15 is 0 Å². The zero-order valence-electron chi connectivity index (χ0n) is 17.3. The molecule has 150 valence electrons. The first-order valence-electron chi connectivity index (χ1n) is 10.5. The highest BCUT2D eigenvalue weighted by atomic mass is 16.5. The van der Waals surface area contributed by atoms with Crippen molar-refractivity contribution in [1.82, 2.24) is 15.1 Å². The van der Waals surface area contributed by atoms with Crippen molar-refractivity contribution in [3.63, 3.8) is 0 Å². The molecule has 0 aliphatic heterocycles. The summed E-state index contributed by atoms with van der Waals surface area (Å²) in [5, 5.41) is 7.87. The highest BCUT2D eigenvalue weighted by Crippen LogP contribution is 2.54. The minimum absolute atomic E-state index is 0.00515. The molecular formula is C23H31N3O2. The molecule has 0 saturated heterocycles. The zero-order valence-corrected chi connectivity index (χ0v) is 17.3. The molecule has 5 nitrogen and oxygen atoms in total. The molecule has 1 heterocycles. The molecule has 1 aromatic heterocycles. The number of nitrogens with zero attached hydrogens (tertiary/aromatic N) is 2.